The number of carbonyl (C=O) groups excluding carboxylic acids is 1. The fourth-order valence-corrected chi connectivity index (χ4v) is 3.42. The van der Waals surface area contributed by atoms with Gasteiger partial charge in [-0.15, -0.1) is 11.8 Å². The molecule has 0 amide bonds. The molecule has 122 valence electrons. The lowest BCUT2D eigenvalue weighted by atomic mass is 10.1. The number of benzene rings is 2. The summed E-state index contributed by atoms with van der Waals surface area (Å²) in [6.07, 6.45) is 3.88. The lowest BCUT2D eigenvalue weighted by Crippen LogP contribution is -1.96. The van der Waals surface area contributed by atoms with E-state index in [9.17, 15) is 4.79 Å². The van der Waals surface area contributed by atoms with Crippen molar-refractivity contribution in [3.05, 3.63) is 70.1 Å². The van der Waals surface area contributed by atoms with Gasteiger partial charge < -0.3 is 9.47 Å². The van der Waals surface area contributed by atoms with Crippen LogP contribution < -0.4 is 9.47 Å². The number of rotatable bonds is 4. The molecule has 24 heavy (non-hydrogen) atoms. The van der Waals surface area contributed by atoms with Gasteiger partial charge in [0.15, 0.2) is 5.78 Å². The molecule has 0 saturated carbocycles. The summed E-state index contributed by atoms with van der Waals surface area (Å²) in [5.74, 6) is 2.42. The summed E-state index contributed by atoms with van der Waals surface area (Å²) in [4.78, 5) is 13.3. The number of hydrogen-bond acceptors (Lipinski definition) is 4. The molecule has 0 N–H and O–H groups in total. The minimum absolute atomic E-state index is 0.103. The van der Waals surface area contributed by atoms with E-state index < -0.39 is 0 Å². The molecule has 0 atom stereocenters. The number of allylic oxidation sites excluding steroid dienone is 1. The topological polar surface area (TPSA) is 35.5 Å². The van der Waals surface area contributed by atoms with Gasteiger partial charge in [0.1, 0.15) is 11.5 Å². The van der Waals surface area contributed by atoms with E-state index in [1.807, 2.05) is 60.7 Å². The van der Waals surface area contributed by atoms with Crippen LogP contribution in [0.15, 0.2) is 59.0 Å². The first kappa shape index (κ1) is 16.4. The summed E-state index contributed by atoms with van der Waals surface area (Å²) in [7, 11) is 3.28. The lowest BCUT2D eigenvalue weighted by Gasteiger charge is -2.01. The van der Waals surface area contributed by atoms with E-state index >= 15 is 0 Å². The Kier molecular flexibility index (Phi) is 5.06. The molecule has 1 heterocycles. The Bertz CT molecular complexity index is 719. The summed E-state index contributed by atoms with van der Waals surface area (Å²) in [5, 5.41) is 0. The fraction of sp³-hybridized carbons (Fsp3) is 0.150. The van der Waals surface area contributed by atoms with Crippen LogP contribution in [0.25, 0.3) is 12.2 Å². The van der Waals surface area contributed by atoms with E-state index in [4.69, 9.17) is 9.47 Å². The summed E-state index contributed by atoms with van der Waals surface area (Å²) < 4.78 is 10.3. The molecule has 2 aromatic carbocycles. The molecule has 0 aliphatic carbocycles. The average molecular weight is 338 g/mol. The predicted octanol–water partition coefficient (Wildman–Crippen LogP) is 4.44. The van der Waals surface area contributed by atoms with Gasteiger partial charge in [0, 0.05) is 11.3 Å². The Labute approximate surface area is 146 Å². The van der Waals surface area contributed by atoms with Gasteiger partial charge in [-0.05, 0) is 47.5 Å². The number of ether oxygens (including phenoxy) is 2. The molecule has 0 aromatic heterocycles. The second-order valence-corrected chi connectivity index (χ2v) is 6.36. The largest absolute Gasteiger partial charge is 0.497 e. The second kappa shape index (κ2) is 7.41. The number of hydrogen-bond donors (Lipinski definition) is 0. The molecule has 4 heteroatoms. The number of methoxy groups -OCH3 is 2. The number of thioether (sulfide) groups is 1. The molecule has 0 bridgehead atoms. The molecule has 0 spiro atoms. The zero-order valence-corrected chi connectivity index (χ0v) is 14.4. The van der Waals surface area contributed by atoms with Crippen molar-refractivity contribution in [2.24, 2.45) is 0 Å². The van der Waals surface area contributed by atoms with Crippen molar-refractivity contribution in [2.75, 3.05) is 20.0 Å². The van der Waals surface area contributed by atoms with Crippen LogP contribution in [0.4, 0.5) is 0 Å². The Hall–Kier alpha value is -2.46. The SMILES string of the molecule is COc1ccc(C=C2SC/C(=C\c3ccc(OC)cc3)C2=O)cc1. The van der Waals surface area contributed by atoms with Gasteiger partial charge in [-0.3, -0.25) is 4.79 Å². The van der Waals surface area contributed by atoms with Crippen LogP contribution in [-0.2, 0) is 4.79 Å². The van der Waals surface area contributed by atoms with Gasteiger partial charge in [-0.2, -0.15) is 0 Å². The van der Waals surface area contributed by atoms with Gasteiger partial charge in [0.05, 0.1) is 19.1 Å². The van der Waals surface area contributed by atoms with Gasteiger partial charge in [0.25, 0.3) is 0 Å². The molecule has 3 nitrogen and oxygen atoms in total. The van der Waals surface area contributed by atoms with E-state index in [-0.39, 0.29) is 5.78 Å². The van der Waals surface area contributed by atoms with Crippen LogP contribution in [0.3, 0.4) is 0 Å². The van der Waals surface area contributed by atoms with E-state index in [0.717, 1.165) is 33.1 Å². The molecule has 0 radical (unpaired) electrons. The van der Waals surface area contributed by atoms with Crippen molar-refractivity contribution < 1.29 is 14.3 Å². The van der Waals surface area contributed by atoms with Crippen LogP contribution in [0.1, 0.15) is 11.1 Å². The summed E-state index contributed by atoms with van der Waals surface area (Å²) >= 11 is 1.58. The summed E-state index contributed by atoms with van der Waals surface area (Å²) in [5.41, 5.74) is 2.83. The Morgan fingerprint density at radius 3 is 1.83 bits per heavy atom. The highest BCUT2D eigenvalue weighted by molar-refractivity contribution is 8.05. The first-order chi connectivity index (χ1) is 11.7. The normalized spacial score (nSPS) is 17.5. The van der Waals surface area contributed by atoms with Crippen molar-refractivity contribution in [1.29, 1.82) is 0 Å². The second-order valence-electron chi connectivity index (χ2n) is 5.34. The van der Waals surface area contributed by atoms with Crippen LogP contribution in [0.2, 0.25) is 0 Å². The van der Waals surface area contributed by atoms with E-state index in [1.54, 1.807) is 26.0 Å². The van der Waals surface area contributed by atoms with Gasteiger partial charge in [0.2, 0.25) is 0 Å². The third-order valence-electron chi connectivity index (χ3n) is 3.77. The number of carbonyl (C=O) groups is 1. The van der Waals surface area contributed by atoms with Crippen molar-refractivity contribution in [3.8, 4) is 11.5 Å². The lowest BCUT2D eigenvalue weighted by molar-refractivity contribution is -0.111. The Balaban J connectivity index is 1.78. The third-order valence-corrected chi connectivity index (χ3v) is 4.84. The van der Waals surface area contributed by atoms with E-state index in [0.29, 0.717) is 5.75 Å². The van der Waals surface area contributed by atoms with E-state index in [2.05, 4.69) is 0 Å². The molecule has 1 fully saturated rings. The summed E-state index contributed by atoms with van der Waals surface area (Å²) in [6, 6.07) is 15.4. The maximum atomic E-state index is 12.6. The van der Waals surface area contributed by atoms with Crippen molar-refractivity contribution >= 4 is 29.7 Å². The van der Waals surface area contributed by atoms with Crippen LogP contribution >= 0.6 is 11.8 Å². The molecule has 1 saturated heterocycles. The standard InChI is InChI=1S/C20H18O3S/c1-22-17-7-3-14(4-8-17)11-16-13-24-19(20(16)21)12-15-5-9-18(23-2)10-6-15/h3-12H,13H2,1-2H3/b16-11+,19-12?. The zero-order valence-electron chi connectivity index (χ0n) is 13.6. The van der Waals surface area contributed by atoms with Gasteiger partial charge in [-0.25, -0.2) is 0 Å². The maximum absolute atomic E-state index is 12.6. The maximum Gasteiger partial charge on any atom is 0.196 e. The van der Waals surface area contributed by atoms with Gasteiger partial charge >= 0.3 is 0 Å². The Morgan fingerprint density at radius 1 is 0.833 bits per heavy atom. The van der Waals surface area contributed by atoms with Gasteiger partial charge in [-0.1, -0.05) is 24.3 Å². The quantitative estimate of drug-likeness (QED) is 0.772. The molecule has 3 rings (SSSR count). The highest BCUT2D eigenvalue weighted by atomic mass is 32.2. The molecule has 0 unspecified atom stereocenters. The molecular formula is C20H18O3S. The zero-order chi connectivity index (χ0) is 16.9. The fourth-order valence-electron chi connectivity index (χ4n) is 2.41. The molecular weight excluding hydrogens is 320 g/mol. The predicted molar refractivity (Wildman–Crippen MR) is 99.4 cm³/mol. The third kappa shape index (κ3) is 3.71. The van der Waals surface area contributed by atoms with E-state index in [1.165, 1.54) is 0 Å². The average Bonchev–Trinajstić information content (AvgIpc) is 2.96. The highest BCUT2D eigenvalue weighted by Gasteiger charge is 2.23. The molecule has 1 aliphatic heterocycles. The van der Waals surface area contributed by atoms with Crippen LogP contribution in [0.5, 0.6) is 11.5 Å². The highest BCUT2D eigenvalue weighted by Crippen LogP contribution is 2.34. The van der Waals surface area contributed by atoms with Crippen molar-refractivity contribution in [3.63, 3.8) is 0 Å². The summed E-state index contributed by atoms with van der Waals surface area (Å²) in [6.45, 7) is 0. The van der Waals surface area contributed by atoms with Crippen LogP contribution in [-0.4, -0.2) is 25.8 Å². The minimum Gasteiger partial charge on any atom is -0.497 e. The minimum atomic E-state index is 0.103. The number of Topliss-reactive ketones (excluding diaryl/α,β-unsaturated/α-hetero) is 1. The first-order valence-electron chi connectivity index (χ1n) is 7.57. The molecule has 2 aromatic rings. The van der Waals surface area contributed by atoms with Crippen molar-refractivity contribution in [2.45, 2.75) is 0 Å². The first-order valence-corrected chi connectivity index (χ1v) is 8.56. The Morgan fingerprint density at radius 2 is 1.33 bits per heavy atom. The van der Waals surface area contributed by atoms with Crippen molar-refractivity contribution in [1.82, 2.24) is 0 Å². The molecule has 1 aliphatic rings. The number of ketones is 1. The van der Waals surface area contributed by atoms with Crippen LogP contribution in [0, 0.1) is 0 Å². The monoisotopic (exact) mass is 338 g/mol. The smallest absolute Gasteiger partial charge is 0.196 e.